The number of carbonyl (C=O) groups is 2. The van der Waals surface area contributed by atoms with Crippen molar-refractivity contribution in [2.75, 3.05) is 41.4 Å². The van der Waals surface area contributed by atoms with Gasteiger partial charge in [-0.1, -0.05) is 11.6 Å². The molecule has 1 aromatic carbocycles. The van der Waals surface area contributed by atoms with Crippen LogP contribution in [0.3, 0.4) is 0 Å². The Morgan fingerprint density at radius 3 is 2.67 bits per heavy atom. The van der Waals surface area contributed by atoms with E-state index in [-0.39, 0.29) is 16.8 Å². The fourth-order valence-corrected chi connectivity index (χ4v) is 3.79. The van der Waals surface area contributed by atoms with Crippen LogP contribution in [0.4, 0.5) is 26.0 Å². The number of carboxylic acids is 1. The SMILES string of the molecule is CN(c1ncccc1N(C=O)CC(=O)O)C1CCN(c2cc(Cl)c(F)cc2F)CC1. The molecule has 0 atom stereocenters. The minimum absolute atomic E-state index is 0.0345. The number of hydrogen-bond acceptors (Lipinski definition) is 5. The number of anilines is 3. The van der Waals surface area contributed by atoms with Crippen molar-refractivity contribution in [2.45, 2.75) is 18.9 Å². The maximum atomic E-state index is 14.2. The van der Waals surface area contributed by atoms with E-state index in [9.17, 15) is 18.4 Å². The first-order valence-electron chi connectivity index (χ1n) is 9.33. The maximum Gasteiger partial charge on any atom is 0.323 e. The molecule has 1 aromatic heterocycles. The summed E-state index contributed by atoms with van der Waals surface area (Å²) in [6, 6.07) is 5.39. The molecule has 1 fully saturated rings. The number of carboxylic acid groups (broad SMARTS) is 1. The number of nitrogens with zero attached hydrogens (tertiary/aromatic N) is 4. The monoisotopic (exact) mass is 438 g/mol. The first-order valence-corrected chi connectivity index (χ1v) is 9.70. The number of rotatable bonds is 7. The van der Waals surface area contributed by atoms with E-state index in [1.165, 1.54) is 6.07 Å². The van der Waals surface area contributed by atoms with Gasteiger partial charge in [-0.3, -0.25) is 9.59 Å². The topological polar surface area (TPSA) is 77.0 Å². The maximum absolute atomic E-state index is 14.2. The number of hydrogen-bond donors (Lipinski definition) is 1. The molecule has 3 rings (SSSR count). The van der Waals surface area contributed by atoms with Gasteiger partial charge in [-0.25, -0.2) is 13.8 Å². The van der Waals surface area contributed by atoms with E-state index < -0.39 is 24.1 Å². The Kier molecular flexibility index (Phi) is 6.71. The van der Waals surface area contributed by atoms with Gasteiger partial charge >= 0.3 is 5.97 Å². The van der Waals surface area contributed by atoms with Gasteiger partial charge in [0, 0.05) is 38.4 Å². The zero-order valence-corrected chi connectivity index (χ0v) is 17.0. The Morgan fingerprint density at radius 2 is 2.03 bits per heavy atom. The molecule has 1 amide bonds. The molecule has 0 unspecified atom stereocenters. The molecule has 7 nitrogen and oxygen atoms in total. The van der Waals surface area contributed by atoms with E-state index in [2.05, 4.69) is 4.98 Å². The van der Waals surface area contributed by atoms with Crippen LogP contribution in [0, 0.1) is 11.6 Å². The first-order chi connectivity index (χ1) is 14.3. The summed E-state index contributed by atoms with van der Waals surface area (Å²) in [5.74, 6) is -2.10. The number of amides is 1. The first kappa shape index (κ1) is 21.8. The van der Waals surface area contributed by atoms with Gasteiger partial charge in [0.1, 0.15) is 18.2 Å². The molecule has 160 valence electrons. The molecule has 1 aliphatic heterocycles. The summed E-state index contributed by atoms with van der Waals surface area (Å²) in [7, 11) is 1.82. The number of pyridine rings is 1. The minimum atomic E-state index is -1.13. The Labute approximate surface area is 177 Å². The summed E-state index contributed by atoms with van der Waals surface area (Å²) in [6.45, 7) is 0.560. The van der Waals surface area contributed by atoms with Crippen LogP contribution in [-0.2, 0) is 9.59 Å². The number of piperidine rings is 1. The molecule has 1 aliphatic rings. The minimum Gasteiger partial charge on any atom is -0.480 e. The summed E-state index contributed by atoms with van der Waals surface area (Å²) in [6.07, 6.45) is 3.35. The highest BCUT2D eigenvalue weighted by Crippen LogP contribution is 2.32. The molecular weight excluding hydrogens is 418 g/mol. The number of halogens is 3. The van der Waals surface area contributed by atoms with E-state index >= 15 is 0 Å². The molecule has 1 saturated heterocycles. The van der Waals surface area contributed by atoms with Gasteiger partial charge in [-0.15, -0.1) is 0 Å². The van der Waals surface area contributed by atoms with Crippen molar-refractivity contribution >= 4 is 41.2 Å². The fraction of sp³-hybridized carbons (Fsp3) is 0.350. The van der Waals surface area contributed by atoms with Crippen molar-refractivity contribution < 1.29 is 23.5 Å². The second-order valence-electron chi connectivity index (χ2n) is 7.02. The summed E-state index contributed by atoms with van der Waals surface area (Å²) in [4.78, 5) is 31.6. The zero-order valence-electron chi connectivity index (χ0n) is 16.3. The zero-order chi connectivity index (χ0) is 21.8. The Hall–Kier alpha value is -2.94. The lowest BCUT2D eigenvalue weighted by molar-refractivity contribution is -0.136. The summed E-state index contributed by atoms with van der Waals surface area (Å²) >= 11 is 5.80. The van der Waals surface area contributed by atoms with Gasteiger partial charge in [0.15, 0.2) is 5.82 Å². The fourth-order valence-electron chi connectivity index (χ4n) is 3.63. The van der Waals surface area contributed by atoms with Crippen LogP contribution in [-0.4, -0.2) is 55.2 Å². The van der Waals surface area contributed by atoms with Gasteiger partial charge in [0.05, 0.1) is 16.4 Å². The quantitative estimate of drug-likeness (QED) is 0.528. The van der Waals surface area contributed by atoms with E-state index in [4.69, 9.17) is 16.7 Å². The average Bonchev–Trinajstić information content (AvgIpc) is 2.74. The van der Waals surface area contributed by atoms with Crippen LogP contribution in [0.2, 0.25) is 5.02 Å². The number of aromatic nitrogens is 1. The highest BCUT2D eigenvalue weighted by Gasteiger charge is 2.27. The highest BCUT2D eigenvalue weighted by atomic mass is 35.5. The van der Waals surface area contributed by atoms with Gasteiger partial charge < -0.3 is 19.8 Å². The predicted octanol–water partition coefficient (Wildman–Crippen LogP) is 3.17. The van der Waals surface area contributed by atoms with Crippen molar-refractivity contribution in [1.82, 2.24) is 4.98 Å². The van der Waals surface area contributed by atoms with Crippen LogP contribution in [0.5, 0.6) is 0 Å². The van der Waals surface area contributed by atoms with Crippen molar-refractivity contribution in [2.24, 2.45) is 0 Å². The Bertz CT molecular complexity index is 938. The third-order valence-corrected chi connectivity index (χ3v) is 5.47. The molecule has 10 heteroatoms. The van der Waals surface area contributed by atoms with Gasteiger partial charge in [0.2, 0.25) is 6.41 Å². The van der Waals surface area contributed by atoms with E-state index in [1.54, 1.807) is 18.3 Å². The Balaban J connectivity index is 1.75. The normalized spacial score (nSPS) is 14.5. The van der Waals surface area contributed by atoms with Crippen molar-refractivity contribution in [3.05, 3.63) is 47.1 Å². The van der Waals surface area contributed by atoms with Crippen LogP contribution in [0.1, 0.15) is 12.8 Å². The molecule has 0 radical (unpaired) electrons. The molecule has 0 aliphatic carbocycles. The lowest BCUT2D eigenvalue weighted by atomic mass is 10.0. The van der Waals surface area contributed by atoms with Gasteiger partial charge in [-0.05, 0) is 31.0 Å². The third-order valence-electron chi connectivity index (χ3n) is 5.19. The molecule has 1 N–H and O–H groups in total. The third kappa shape index (κ3) is 4.62. The Morgan fingerprint density at radius 1 is 1.33 bits per heavy atom. The molecule has 0 saturated carbocycles. The van der Waals surface area contributed by atoms with Crippen molar-refractivity contribution in [1.29, 1.82) is 0 Å². The summed E-state index contributed by atoms with van der Waals surface area (Å²) < 4.78 is 27.6. The molecule has 0 spiro atoms. The molecule has 30 heavy (non-hydrogen) atoms. The van der Waals surface area contributed by atoms with Crippen LogP contribution >= 0.6 is 11.6 Å². The second-order valence-corrected chi connectivity index (χ2v) is 7.43. The number of benzene rings is 1. The second kappa shape index (κ2) is 9.25. The van der Waals surface area contributed by atoms with Crippen molar-refractivity contribution in [3.63, 3.8) is 0 Å². The van der Waals surface area contributed by atoms with Crippen molar-refractivity contribution in [3.8, 4) is 0 Å². The average molecular weight is 439 g/mol. The standard InChI is InChI=1S/C20H21ClF2N4O3/c1-25(20-17(3-2-6-24-20)27(12-28)11-19(29)30)13-4-7-26(8-5-13)18-9-14(21)15(22)10-16(18)23/h2-3,6,9-10,12-13H,4-5,7-8,11H2,1H3,(H,29,30). The predicted molar refractivity (Wildman–Crippen MR) is 110 cm³/mol. The van der Waals surface area contributed by atoms with Crippen LogP contribution < -0.4 is 14.7 Å². The van der Waals surface area contributed by atoms with E-state index in [0.29, 0.717) is 43.8 Å². The van der Waals surface area contributed by atoms with Crippen LogP contribution in [0.15, 0.2) is 30.5 Å². The number of aliphatic carboxylic acids is 1. The highest BCUT2D eigenvalue weighted by molar-refractivity contribution is 6.31. The van der Waals surface area contributed by atoms with Crippen LogP contribution in [0.25, 0.3) is 0 Å². The van der Waals surface area contributed by atoms with Gasteiger partial charge in [-0.2, -0.15) is 0 Å². The molecule has 2 aromatic rings. The lowest BCUT2D eigenvalue weighted by Gasteiger charge is -2.39. The lowest BCUT2D eigenvalue weighted by Crippen LogP contribution is -2.44. The van der Waals surface area contributed by atoms with E-state index in [0.717, 1.165) is 11.0 Å². The number of carbonyl (C=O) groups excluding carboxylic acids is 1. The molecule has 0 bridgehead atoms. The largest absolute Gasteiger partial charge is 0.480 e. The summed E-state index contributed by atoms with van der Waals surface area (Å²) in [5.41, 5.74) is 0.658. The van der Waals surface area contributed by atoms with E-state index in [1.807, 2.05) is 16.8 Å². The summed E-state index contributed by atoms with van der Waals surface area (Å²) in [5, 5.41) is 8.92. The molecule has 2 heterocycles. The van der Waals surface area contributed by atoms with Gasteiger partial charge in [0.25, 0.3) is 0 Å². The molecular formula is C20H21ClF2N4O3. The smallest absolute Gasteiger partial charge is 0.323 e.